The maximum Gasteiger partial charge on any atom is 0.343 e. The van der Waals surface area contributed by atoms with Crippen molar-refractivity contribution in [2.75, 3.05) is 10.6 Å². The number of phenols is 1. The molecule has 0 fully saturated rings. The van der Waals surface area contributed by atoms with E-state index in [9.17, 15) is 34.2 Å². The van der Waals surface area contributed by atoms with E-state index >= 15 is 0 Å². The molecule has 0 aliphatic carbocycles. The number of hydrogen-bond donors (Lipinski definition) is 4. The summed E-state index contributed by atoms with van der Waals surface area (Å²) in [5, 5.41) is 27.4. The van der Waals surface area contributed by atoms with Crippen LogP contribution in [0.5, 0.6) is 17.2 Å². The van der Waals surface area contributed by atoms with E-state index in [2.05, 4.69) is 10.6 Å². The summed E-state index contributed by atoms with van der Waals surface area (Å²) >= 11 is 0. The standard InChI is InChI=1S/C43H28N2O9/c46-36-15-10-27-20-30(7-4-28(27)24-36)40(48)45-35-13-16-37(17-14-35)53-42(51)32-3-1-2-29(23-32)39(47)44-34-11-18-38(19-12-34)54-43(52)33-9-6-25-21-31(41(49)50)8-5-26(25)22-33/h1-24,46H,(H,44,47)(H,45,48)(H,49,50). The number of carbonyl (C=O) groups excluding carboxylic acids is 4. The lowest BCUT2D eigenvalue weighted by atomic mass is 10.0. The predicted octanol–water partition coefficient (Wildman–Crippen LogP) is 8.34. The molecule has 0 heterocycles. The van der Waals surface area contributed by atoms with Crippen LogP contribution in [-0.2, 0) is 0 Å². The molecule has 11 nitrogen and oxygen atoms in total. The third-order valence-corrected chi connectivity index (χ3v) is 8.41. The van der Waals surface area contributed by atoms with Gasteiger partial charge in [0.1, 0.15) is 17.2 Å². The molecule has 0 radical (unpaired) electrons. The van der Waals surface area contributed by atoms with Crippen LogP contribution in [0.1, 0.15) is 51.8 Å². The summed E-state index contributed by atoms with van der Waals surface area (Å²) in [5.74, 6) is -2.54. The number of esters is 2. The SMILES string of the molecule is O=C(O)c1ccc2cc(C(=O)Oc3ccc(NC(=O)c4cccc(C(=O)Oc5ccc(NC(=O)c6ccc7cc(O)ccc7c6)cc5)c4)cc3)ccc2c1. The van der Waals surface area contributed by atoms with Gasteiger partial charge in [-0.1, -0.05) is 30.3 Å². The van der Waals surface area contributed by atoms with E-state index in [0.29, 0.717) is 27.7 Å². The fraction of sp³-hybridized carbons (Fsp3) is 0. The van der Waals surface area contributed by atoms with Gasteiger partial charge in [0.15, 0.2) is 0 Å². The van der Waals surface area contributed by atoms with Crippen molar-refractivity contribution in [2.24, 2.45) is 0 Å². The molecule has 2 amide bonds. The molecule has 7 aromatic rings. The molecule has 54 heavy (non-hydrogen) atoms. The minimum Gasteiger partial charge on any atom is -0.508 e. The van der Waals surface area contributed by atoms with Crippen molar-refractivity contribution in [3.63, 3.8) is 0 Å². The minimum absolute atomic E-state index is 0.142. The summed E-state index contributed by atoms with van der Waals surface area (Å²) in [7, 11) is 0. The Morgan fingerprint density at radius 3 is 1.39 bits per heavy atom. The molecule has 0 aliphatic rings. The van der Waals surface area contributed by atoms with Crippen molar-refractivity contribution in [3.8, 4) is 17.2 Å². The molecule has 264 valence electrons. The molecule has 0 bridgehead atoms. The molecular formula is C43H28N2O9. The van der Waals surface area contributed by atoms with Crippen molar-refractivity contribution in [1.82, 2.24) is 0 Å². The Hall–Kier alpha value is -7.79. The third kappa shape index (κ3) is 7.90. The van der Waals surface area contributed by atoms with Crippen LogP contribution in [0.2, 0.25) is 0 Å². The molecule has 0 aliphatic heterocycles. The monoisotopic (exact) mass is 716 g/mol. The Bertz CT molecular complexity index is 2620. The number of rotatable bonds is 9. The van der Waals surface area contributed by atoms with Crippen LogP contribution in [0.15, 0.2) is 146 Å². The molecule has 11 heteroatoms. The summed E-state index contributed by atoms with van der Waals surface area (Å²) < 4.78 is 11.0. The quantitative estimate of drug-likeness (QED) is 0.0848. The summed E-state index contributed by atoms with van der Waals surface area (Å²) in [5.41, 5.74) is 2.11. The maximum absolute atomic E-state index is 13.0. The first-order chi connectivity index (χ1) is 26.1. The van der Waals surface area contributed by atoms with E-state index in [0.717, 1.165) is 10.8 Å². The van der Waals surface area contributed by atoms with Crippen molar-refractivity contribution in [1.29, 1.82) is 0 Å². The van der Waals surface area contributed by atoms with Crippen molar-refractivity contribution in [3.05, 3.63) is 173 Å². The Morgan fingerprint density at radius 2 is 0.833 bits per heavy atom. The van der Waals surface area contributed by atoms with Gasteiger partial charge in [0.25, 0.3) is 11.8 Å². The molecule has 4 N–H and O–H groups in total. The van der Waals surface area contributed by atoms with Gasteiger partial charge in [-0.3, -0.25) is 9.59 Å². The van der Waals surface area contributed by atoms with Crippen molar-refractivity contribution in [2.45, 2.75) is 0 Å². The number of aromatic carboxylic acids is 1. The molecule has 0 unspecified atom stereocenters. The molecule has 0 aromatic heterocycles. The van der Waals surface area contributed by atoms with Crippen molar-refractivity contribution < 1.29 is 43.7 Å². The molecule has 0 spiro atoms. The van der Waals surface area contributed by atoms with Gasteiger partial charge in [0, 0.05) is 22.5 Å². The normalized spacial score (nSPS) is 10.7. The van der Waals surface area contributed by atoms with E-state index in [1.54, 1.807) is 97.1 Å². The zero-order valence-electron chi connectivity index (χ0n) is 28.1. The lowest BCUT2D eigenvalue weighted by Crippen LogP contribution is -2.14. The largest absolute Gasteiger partial charge is 0.508 e. The number of hydrogen-bond acceptors (Lipinski definition) is 8. The second kappa shape index (κ2) is 14.8. The zero-order chi connectivity index (χ0) is 37.8. The number of ether oxygens (including phenoxy) is 2. The van der Waals surface area contributed by atoms with Crippen LogP contribution in [0, 0.1) is 0 Å². The third-order valence-electron chi connectivity index (χ3n) is 8.41. The van der Waals surface area contributed by atoms with E-state index in [1.165, 1.54) is 48.5 Å². The number of carboxylic acids is 1. The van der Waals surface area contributed by atoms with Crippen LogP contribution in [0.3, 0.4) is 0 Å². The minimum atomic E-state index is -1.04. The second-order valence-corrected chi connectivity index (χ2v) is 12.1. The highest BCUT2D eigenvalue weighted by Crippen LogP contribution is 2.24. The van der Waals surface area contributed by atoms with Crippen molar-refractivity contribution >= 4 is 62.6 Å². The number of carbonyl (C=O) groups is 5. The smallest absolute Gasteiger partial charge is 0.343 e. The number of anilines is 2. The highest BCUT2D eigenvalue weighted by atomic mass is 16.5. The first-order valence-corrected chi connectivity index (χ1v) is 16.5. The van der Waals surface area contributed by atoms with Crippen LogP contribution >= 0.6 is 0 Å². The van der Waals surface area contributed by atoms with Crippen LogP contribution in [0.25, 0.3) is 21.5 Å². The highest BCUT2D eigenvalue weighted by molar-refractivity contribution is 6.07. The molecular weight excluding hydrogens is 688 g/mol. The Labute approximate surface area is 307 Å². The fourth-order valence-corrected chi connectivity index (χ4v) is 5.62. The Balaban J connectivity index is 0.926. The van der Waals surface area contributed by atoms with Gasteiger partial charge in [-0.2, -0.15) is 0 Å². The van der Waals surface area contributed by atoms with E-state index in [4.69, 9.17) is 9.47 Å². The lowest BCUT2D eigenvalue weighted by Gasteiger charge is -2.10. The van der Waals surface area contributed by atoms with Gasteiger partial charge in [-0.15, -0.1) is 0 Å². The summed E-state index contributed by atoms with van der Waals surface area (Å²) in [4.78, 5) is 62.8. The summed E-state index contributed by atoms with van der Waals surface area (Å²) in [6.45, 7) is 0. The summed E-state index contributed by atoms with van der Waals surface area (Å²) in [6, 6.07) is 37.9. The van der Waals surface area contributed by atoms with Crippen LogP contribution in [0.4, 0.5) is 11.4 Å². The van der Waals surface area contributed by atoms with Gasteiger partial charge >= 0.3 is 17.9 Å². The van der Waals surface area contributed by atoms with Gasteiger partial charge in [0.2, 0.25) is 0 Å². The molecule has 7 aromatic carbocycles. The topological polar surface area (TPSA) is 168 Å². The van der Waals surface area contributed by atoms with Gasteiger partial charge in [-0.25, -0.2) is 14.4 Å². The first kappa shape index (κ1) is 34.6. The number of benzene rings is 7. The number of nitrogens with one attached hydrogen (secondary N) is 2. The molecule has 0 saturated heterocycles. The van der Waals surface area contributed by atoms with E-state index in [-0.39, 0.29) is 45.4 Å². The van der Waals surface area contributed by atoms with Gasteiger partial charge in [0.05, 0.1) is 16.7 Å². The maximum atomic E-state index is 13.0. The molecule has 0 atom stereocenters. The average Bonchev–Trinajstić information content (AvgIpc) is 3.18. The highest BCUT2D eigenvalue weighted by Gasteiger charge is 2.15. The average molecular weight is 717 g/mol. The number of carboxylic acid groups (broad SMARTS) is 1. The second-order valence-electron chi connectivity index (χ2n) is 12.1. The van der Waals surface area contributed by atoms with Gasteiger partial charge < -0.3 is 30.3 Å². The Morgan fingerprint density at radius 1 is 0.426 bits per heavy atom. The Kier molecular flexibility index (Phi) is 9.51. The van der Waals surface area contributed by atoms with E-state index in [1.807, 2.05) is 0 Å². The van der Waals surface area contributed by atoms with Crippen LogP contribution in [-0.4, -0.2) is 39.9 Å². The number of amides is 2. The molecule has 0 saturated carbocycles. The van der Waals surface area contributed by atoms with E-state index < -0.39 is 23.8 Å². The number of fused-ring (bicyclic) bond motifs is 2. The lowest BCUT2D eigenvalue weighted by molar-refractivity contribution is 0.0692. The molecule has 7 rings (SSSR count). The first-order valence-electron chi connectivity index (χ1n) is 16.5. The zero-order valence-corrected chi connectivity index (χ0v) is 28.1. The fourth-order valence-electron chi connectivity index (χ4n) is 5.62. The van der Waals surface area contributed by atoms with Crippen LogP contribution < -0.4 is 20.1 Å². The number of aromatic hydroxyl groups is 1. The summed E-state index contributed by atoms with van der Waals surface area (Å²) in [6.07, 6.45) is 0. The number of phenolic OH excluding ortho intramolecular Hbond substituents is 1. The van der Waals surface area contributed by atoms with Gasteiger partial charge in [-0.05, 0) is 137 Å². The predicted molar refractivity (Wildman–Crippen MR) is 202 cm³/mol.